The predicted molar refractivity (Wildman–Crippen MR) is 100 cm³/mol. The van der Waals surface area contributed by atoms with Crippen LogP contribution in [0.15, 0.2) is 18.2 Å². The van der Waals surface area contributed by atoms with Crippen LogP contribution in [-0.4, -0.2) is 37.4 Å². The van der Waals surface area contributed by atoms with Gasteiger partial charge in [-0.3, -0.25) is 4.79 Å². The molecule has 1 aromatic rings. The zero-order valence-corrected chi connectivity index (χ0v) is 16.0. The minimum Gasteiger partial charge on any atom is -0.493 e. The summed E-state index contributed by atoms with van der Waals surface area (Å²) in [6.07, 6.45) is 4.71. The number of ether oxygens (including phenoxy) is 2. The second kappa shape index (κ2) is 11.7. The summed E-state index contributed by atoms with van der Waals surface area (Å²) in [4.78, 5) is 12.2. The molecular weight excluding hydrogens is 318 g/mol. The fourth-order valence-corrected chi connectivity index (χ4v) is 2.41. The minimum absolute atomic E-state index is 0.177. The van der Waals surface area contributed by atoms with E-state index >= 15 is 0 Å². The van der Waals surface area contributed by atoms with Crippen LogP contribution in [0.1, 0.15) is 63.2 Å². The first kappa shape index (κ1) is 21.3. The molecule has 1 amide bonds. The number of amides is 1. The van der Waals surface area contributed by atoms with E-state index in [1.165, 1.54) is 12.8 Å². The summed E-state index contributed by atoms with van der Waals surface area (Å²) < 4.78 is 11.1. The predicted octanol–water partition coefficient (Wildman–Crippen LogP) is 3.79. The number of aliphatic hydroxyl groups excluding tert-OH is 1. The Hall–Kier alpha value is -1.75. The number of carbonyl (C=O) groups excluding carboxylic acids is 1. The van der Waals surface area contributed by atoms with Crippen molar-refractivity contribution in [2.24, 2.45) is 5.92 Å². The van der Waals surface area contributed by atoms with Crippen molar-refractivity contribution in [2.45, 2.75) is 59.0 Å². The molecule has 2 N–H and O–H groups in total. The molecule has 5 heteroatoms. The smallest absolute Gasteiger partial charge is 0.251 e. The molecule has 1 aromatic carbocycles. The first-order chi connectivity index (χ1) is 12.0. The summed E-state index contributed by atoms with van der Waals surface area (Å²) in [5.41, 5.74) is 0.522. The van der Waals surface area contributed by atoms with Crippen molar-refractivity contribution in [3.8, 4) is 11.5 Å². The molecule has 0 saturated carbocycles. The number of carbonyl (C=O) groups is 1. The molecule has 0 aliphatic rings. The molecule has 0 radical (unpaired) electrons. The maximum atomic E-state index is 12.2. The van der Waals surface area contributed by atoms with E-state index in [1.54, 1.807) is 25.3 Å². The van der Waals surface area contributed by atoms with Crippen LogP contribution in [-0.2, 0) is 0 Å². The first-order valence-electron chi connectivity index (χ1n) is 9.26. The van der Waals surface area contributed by atoms with Gasteiger partial charge in [0.1, 0.15) is 0 Å². The van der Waals surface area contributed by atoms with Crippen LogP contribution in [0.2, 0.25) is 0 Å². The highest BCUT2D eigenvalue weighted by molar-refractivity contribution is 5.94. The van der Waals surface area contributed by atoms with Crippen LogP contribution in [0.25, 0.3) is 0 Å². The second-order valence-corrected chi connectivity index (χ2v) is 6.63. The van der Waals surface area contributed by atoms with Gasteiger partial charge in [0.25, 0.3) is 5.91 Å². The van der Waals surface area contributed by atoms with Gasteiger partial charge in [0.2, 0.25) is 0 Å². The van der Waals surface area contributed by atoms with Gasteiger partial charge in [-0.1, -0.05) is 40.0 Å². The van der Waals surface area contributed by atoms with Crippen molar-refractivity contribution in [1.29, 1.82) is 0 Å². The molecule has 1 atom stereocenters. The van der Waals surface area contributed by atoms with E-state index < -0.39 is 6.10 Å². The molecule has 1 rings (SSSR count). The van der Waals surface area contributed by atoms with Crippen molar-refractivity contribution in [3.05, 3.63) is 23.8 Å². The number of aliphatic hydroxyl groups is 1. The maximum absolute atomic E-state index is 12.2. The molecule has 0 aliphatic carbocycles. The van der Waals surface area contributed by atoms with Gasteiger partial charge in [-0.25, -0.2) is 0 Å². The van der Waals surface area contributed by atoms with Crippen LogP contribution in [0.4, 0.5) is 0 Å². The van der Waals surface area contributed by atoms with Crippen molar-refractivity contribution >= 4 is 5.91 Å². The Bertz CT molecular complexity index is 516. The number of hydrogen-bond acceptors (Lipinski definition) is 4. The van der Waals surface area contributed by atoms with E-state index in [9.17, 15) is 9.90 Å². The van der Waals surface area contributed by atoms with E-state index in [2.05, 4.69) is 12.2 Å². The lowest BCUT2D eigenvalue weighted by Gasteiger charge is -2.15. The van der Waals surface area contributed by atoms with Gasteiger partial charge in [0.15, 0.2) is 11.5 Å². The van der Waals surface area contributed by atoms with E-state index in [4.69, 9.17) is 9.47 Å². The van der Waals surface area contributed by atoms with Crippen molar-refractivity contribution < 1.29 is 19.4 Å². The number of hydrogen-bond donors (Lipinski definition) is 2. The SMILES string of the molecule is CCCCCCOc1ccc(C(=O)NCC[C@H](O)C(C)C)cc1OC. The summed E-state index contributed by atoms with van der Waals surface area (Å²) in [6, 6.07) is 5.20. The average Bonchev–Trinajstić information content (AvgIpc) is 2.61. The Balaban J connectivity index is 2.53. The molecule has 0 unspecified atom stereocenters. The third-order valence-electron chi connectivity index (χ3n) is 4.18. The summed E-state index contributed by atoms with van der Waals surface area (Å²) >= 11 is 0. The second-order valence-electron chi connectivity index (χ2n) is 6.63. The fraction of sp³-hybridized carbons (Fsp3) is 0.650. The Labute approximate surface area is 151 Å². The molecule has 0 aromatic heterocycles. The van der Waals surface area contributed by atoms with E-state index in [0.29, 0.717) is 36.6 Å². The largest absolute Gasteiger partial charge is 0.493 e. The highest BCUT2D eigenvalue weighted by atomic mass is 16.5. The molecule has 0 heterocycles. The van der Waals surface area contributed by atoms with Gasteiger partial charge < -0.3 is 19.9 Å². The lowest BCUT2D eigenvalue weighted by molar-refractivity contribution is 0.0920. The summed E-state index contributed by atoms with van der Waals surface area (Å²) in [7, 11) is 1.57. The zero-order chi connectivity index (χ0) is 18.7. The number of unbranched alkanes of at least 4 members (excludes halogenated alkanes) is 3. The van der Waals surface area contributed by atoms with Gasteiger partial charge in [-0.05, 0) is 37.0 Å². The highest BCUT2D eigenvalue weighted by Crippen LogP contribution is 2.28. The maximum Gasteiger partial charge on any atom is 0.251 e. The zero-order valence-electron chi connectivity index (χ0n) is 16.0. The molecular formula is C20H33NO4. The van der Waals surface area contributed by atoms with Gasteiger partial charge in [0, 0.05) is 12.1 Å². The molecule has 0 bridgehead atoms. The Morgan fingerprint density at radius 2 is 1.96 bits per heavy atom. The van der Waals surface area contributed by atoms with E-state index in [1.807, 2.05) is 13.8 Å². The molecule has 25 heavy (non-hydrogen) atoms. The summed E-state index contributed by atoms with van der Waals surface area (Å²) in [5, 5.41) is 12.6. The van der Waals surface area contributed by atoms with Gasteiger partial charge in [-0.15, -0.1) is 0 Å². The topological polar surface area (TPSA) is 67.8 Å². The van der Waals surface area contributed by atoms with Crippen molar-refractivity contribution in [3.63, 3.8) is 0 Å². The van der Waals surface area contributed by atoms with E-state index in [-0.39, 0.29) is 11.8 Å². The van der Waals surface area contributed by atoms with Gasteiger partial charge >= 0.3 is 0 Å². The molecule has 142 valence electrons. The first-order valence-corrected chi connectivity index (χ1v) is 9.26. The van der Waals surface area contributed by atoms with Crippen molar-refractivity contribution in [2.75, 3.05) is 20.3 Å². The van der Waals surface area contributed by atoms with Crippen LogP contribution < -0.4 is 14.8 Å². The third kappa shape index (κ3) is 7.78. The van der Waals surface area contributed by atoms with Crippen LogP contribution in [0, 0.1) is 5.92 Å². The third-order valence-corrected chi connectivity index (χ3v) is 4.18. The molecule has 0 saturated heterocycles. The molecule has 0 fully saturated rings. The number of benzene rings is 1. The fourth-order valence-electron chi connectivity index (χ4n) is 2.41. The summed E-state index contributed by atoms with van der Waals surface area (Å²) in [5.74, 6) is 1.23. The van der Waals surface area contributed by atoms with Gasteiger partial charge in [0.05, 0.1) is 19.8 Å². The standard InChI is InChI=1S/C20H33NO4/c1-5-6-7-8-13-25-18-10-9-16(14-19(18)24-4)20(23)21-12-11-17(22)15(2)3/h9-10,14-15,17,22H,5-8,11-13H2,1-4H3,(H,21,23)/t17-/m0/s1. The number of rotatable bonds is 12. The number of nitrogens with one attached hydrogen (secondary N) is 1. The quantitative estimate of drug-likeness (QED) is 0.562. The average molecular weight is 351 g/mol. The number of methoxy groups -OCH3 is 1. The van der Waals surface area contributed by atoms with Crippen LogP contribution >= 0.6 is 0 Å². The van der Waals surface area contributed by atoms with E-state index in [0.717, 1.165) is 12.8 Å². The monoisotopic (exact) mass is 351 g/mol. The highest BCUT2D eigenvalue weighted by Gasteiger charge is 2.13. The van der Waals surface area contributed by atoms with Crippen molar-refractivity contribution in [1.82, 2.24) is 5.32 Å². The normalized spacial score (nSPS) is 12.1. The lowest BCUT2D eigenvalue weighted by Crippen LogP contribution is -2.28. The van der Waals surface area contributed by atoms with Gasteiger partial charge in [-0.2, -0.15) is 0 Å². The Kier molecular flexibility index (Phi) is 10.0. The minimum atomic E-state index is -0.404. The van der Waals surface area contributed by atoms with Crippen LogP contribution in [0.3, 0.4) is 0 Å². The Morgan fingerprint density at radius 1 is 1.20 bits per heavy atom. The molecule has 0 aliphatic heterocycles. The lowest BCUT2D eigenvalue weighted by atomic mass is 10.0. The van der Waals surface area contributed by atoms with Crippen LogP contribution in [0.5, 0.6) is 11.5 Å². The summed E-state index contributed by atoms with van der Waals surface area (Å²) in [6.45, 7) is 7.18. The molecule has 5 nitrogen and oxygen atoms in total. The Morgan fingerprint density at radius 3 is 2.60 bits per heavy atom. The molecule has 0 spiro atoms.